The number of furan rings is 1. The van der Waals surface area contributed by atoms with Crippen LogP contribution in [0.3, 0.4) is 0 Å². The Morgan fingerprint density at radius 1 is 1.67 bits per heavy atom. The summed E-state index contributed by atoms with van der Waals surface area (Å²) in [4.78, 5) is 0. The number of hydrogen-bond donors (Lipinski definition) is 0. The number of thioether (sulfide) groups is 1. The summed E-state index contributed by atoms with van der Waals surface area (Å²) in [5, 5.41) is 0. The Morgan fingerprint density at radius 3 is 2.89 bits per heavy atom. The molecular weight excluding hydrogens is 132 g/mol. The van der Waals surface area contributed by atoms with Crippen LogP contribution in [0.25, 0.3) is 0 Å². The van der Waals surface area contributed by atoms with E-state index >= 15 is 0 Å². The van der Waals surface area contributed by atoms with Gasteiger partial charge in [0, 0.05) is 11.3 Å². The normalized spacial score (nSPS) is 10.0. The van der Waals surface area contributed by atoms with Gasteiger partial charge in [-0.3, -0.25) is 0 Å². The predicted octanol–water partition coefficient (Wildman–Crippen LogP) is 2.45. The highest BCUT2D eigenvalue weighted by Gasteiger charge is 1.97. The summed E-state index contributed by atoms with van der Waals surface area (Å²) in [5.41, 5.74) is 1.31. The van der Waals surface area contributed by atoms with Gasteiger partial charge in [-0.1, -0.05) is 0 Å². The van der Waals surface area contributed by atoms with Crippen LogP contribution in [0.2, 0.25) is 0 Å². The molecule has 0 N–H and O–H groups in total. The molecule has 0 radical (unpaired) electrons. The Kier molecular flexibility index (Phi) is 2.22. The van der Waals surface area contributed by atoms with E-state index in [1.54, 1.807) is 6.26 Å². The first kappa shape index (κ1) is 6.75. The predicted molar refractivity (Wildman–Crippen MR) is 40.7 cm³/mol. The highest BCUT2D eigenvalue weighted by Crippen LogP contribution is 2.14. The maximum Gasteiger partial charge on any atom is 0.104 e. The third-order valence-corrected chi connectivity index (χ3v) is 1.87. The second kappa shape index (κ2) is 2.97. The van der Waals surface area contributed by atoms with Crippen LogP contribution in [0.1, 0.15) is 11.3 Å². The fraction of sp³-hybridized carbons (Fsp3) is 0.429. The molecule has 0 amide bonds. The van der Waals surface area contributed by atoms with Crippen LogP contribution >= 0.6 is 11.8 Å². The molecule has 1 aromatic rings. The largest absolute Gasteiger partial charge is 0.469 e. The molecule has 0 unspecified atom stereocenters. The molecule has 0 bridgehead atoms. The molecule has 1 aromatic heterocycles. The van der Waals surface area contributed by atoms with Crippen LogP contribution in [-0.2, 0) is 5.75 Å². The van der Waals surface area contributed by atoms with E-state index in [1.165, 1.54) is 5.56 Å². The lowest BCUT2D eigenvalue weighted by molar-refractivity contribution is 0.531. The molecule has 1 nitrogen and oxygen atoms in total. The highest BCUT2D eigenvalue weighted by molar-refractivity contribution is 7.97. The molecule has 0 fully saturated rings. The zero-order chi connectivity index (χ0) is 6.69. The van der Waals surface area contributed by atoms with Crippen molar-refractivity contribution in [3.63, 3.8) is 0 Å². The van der Waals surface area contributed by atoms with E-state index in [-0.39, 0.29) is 0 Å². The van der Waals surface area contributed by atoms with Gasteiger partial charge in [-0.15, -0.1) is 0 Å². The van der Waals surface area contributed by atoms with E-state index in [9.17, 15) is 0 Å². The average Bonchev–Trinajstić information content (AvgIpc) is 2.18. The van der Waals surface area contributed by atoms with Crippen LogP contribution in [0.5, 0.6) is 0 Å². The zero-order valence-electron chi connectivity index (χ0n) is 5.68. The first-order valence-corrected chi connectivity index (χ1v) is 4.26. The maximum atomic E-state index is 5.10. The van der Waals surface area contributed by atoms with E-state index in [0.29, 0.717) is 0 Å². The fourth-order valence-electron chi connectivity index (χ4n) is 0.717. The van der Waals surface area contributed by atoms with Crippen molar-refractivity contribution in [2.75, 3.05) is 6.26 Å². The van der Waals surface area contributed by atoms with Crippen LogP contribution in [0.15, 0.2) is 16.7 Å². The smallest absolute Gasteiger partial charge is 0.104 e. The van der Waals surface area contributed by atoms with Crippen molar-refractivity contribution in [2.45, 2.75) is 12.7 Å². The van der Waals surface area contributed by atoms with Gasteiger partial charge in [-0.05, 0) is 19.2 Å². The zero-order valence-corrected chi connectivity index (χ0v) is 6.49. The quantitative estimate of drug-likeness (QED) is 0.629. The molecular formula is C7H10OS. The minimum absolute atomic E-state index is 1.05. The Balaban J connectivity index is 2.69. The molecule has 0 saturated carbocycles. The highest BCUT2D eigenvalue weighted by atomic mass is 32.2. The number of aryl methyl sites for hydroxylation is 1. The molecule has 0 saturated heterocycles. The summed E-state index contributed by atoms with van der Waals surface area (Å²) in [7, 11) is 0. The molecule has 9 heavy (non-hydrogen) atoms. The Bertz CT molecular complexity index is 181. The first-order valence-electron chi connectivity index (χ1n) is 2.86. The molecule has 1 rings (SSSR count). The Labute approximate surface area is 59.4 Å². The van der Waals surface area contributed by atoms with Crippen LogP contribution in [0.4, 0.5) is 0 Å². The van der Waals surface area contributed by atoms with Crippen molar-refractivity contribution in [3.05, 3.63) is 23.7 Å². The average molecular weight is 142 g/mol. The molecule has 0 atom stereocenters. The summed E-state index contributed by atoms with van der Waals surface area (Å²) >= 11 is 1.81. The van der Waals surface area contributed by atoms with Crippen molar-refractivity contribution < 1.29 is 4.42 Å². The summed E-state index contributed by atoms with van der Waals surface area (Å²) < 4.78 is 5.10. The van der Waals surface area contributed by atoms with Crippen molar-refractivity contribution in [1.82, 2.24) is 0 Å². The van der Waals surface area contributed by atoms with Crippen molar-refractivity contribution >= 4 is 11.8 Å². The van der Waals surface area contributed by atoms with E-state index in [1.807, 2.05) is 24.8 Å². The maximum absolute atomic E-state index is 5.10. The van der Waals surface area contributed by atoms with Gasteiger partial charge in [0.25, 0.3) is 0 Å². The van der Waals surface area contributed by atoms with E-state index in [2.05, 4.69) is 6.26 Å². The van der Waals surface area contributed by atoms with E-state index in [4.69, 9.17) is 4.42 Å². The Hall–Kier alpha value is -0.370. The van der Waals surface area contributed by atoms with Crippen LogP contribution in [-0.4, -0.2) is 6.26 Å². The van der Waals surface area contributed by atoms with Crippen molar-refractivity contribution in [2.24, 2.45) is 0 Å². The second-order valence-electron chi connectivity index (χ2n) is 1.94. The SMILES string of the molecule is CSCc1ccoc1C. The van der Waals surface area contributed by atoms with Gasteiger partial charge in [-0.2, -0.15) is 11.8 Å². The first-order chi connectivity index (χ1) is 4.34. The summed E-state index contributed by atoms with van der Waals surface area (Å²) in [6.45, 7) is 1.99. The molecule has 0 spiro atoms. The standard InChI is InChI=1S/C7H10OS/c1-6-7(5-9-2)3-4-8-6/h3-4H,5H2,1-2H3. The van der Waals surface area contributed by atoms with Crippen molar-refractivity contribution in [1.29, 1.82) is 0 Å². The number of hydrogen-bond acceptors (Lipinski definition) is 2. The van der Waals surface area contributed by atoms with E-state index in [0.717, 1.165) is 11.5 Å². The third-order valence-electron chi connectivity index (χ3n) is 1.27. The van der Waals surface area contributed by atoms with E-state index < -0.39 is 0 Å². The molecule has 0 aliphatic heterocycles. The summed E-state index contributed by atoms with van der Waals surface area (Å²) in [6, 6.07) is 2.02. The molecule has 1 heterocycles. The second-order valence-corrected chi connectivity index (χ2v) is 2.80. The fourth-order valence-corrected chi connectivity index (χ4v) is 1.33. The minimum Gasteiger partial charge on any atom is -0.469 e. The Morgan fingerprint density at radius 2 is 2.44 bits per heavy atom. The van der Waals surface area contributed by atoms with Crippen molar-refractivity contribution in [3.8, 4) is 0 Å². The topological polar surface area (TPSA) is 13.1 Å². The van der Waals surface area contributed by atoms with Gasteiger partial charge in [0.05, 0.1) is 6.26 Å². The lowest BCUT2D eigenvalue weighted by Gasteiger charge is -1.91. The van der Waals surface area contributed by atoms with Crippen LogP contribution in [0, 0.1) is 6.92 Å². The van der Waals surface area contributed by atoms with Gasteiger partial charge >= 0.3 is 0 Å². The molecule has 0 aliphatic carbocycles. The summed E-state index contributed by atoms with van der Waals surface area (Å²) in [5.74, 6) is 2.10. The molecule has 0 aromatic carbocycles. The molecule has 2 heteroatoms. The molecule has 50 valence electrons. The monoisotopic (exact) mass is 142 g/mol. The van der Waals surface area contributed by atoms with Gasteiger partial charge < -0.3 is 4.42 Å². The third kappa shape index (κ3) is 1.52. The minimum atomic E-state index is 1.05. The van der Waals surface area contributed by atoms with Crippen LogP contribution < -0.4 is 0 Å². The van der Waals surface area contributed by atoms with Gasteiger partial charge in [0.15, 0.2) is 0 Å². The number of rotatable bonds is 2. The van der Waals surface area contributed by atoms with Gasteiger partial charge in [-0.25, -0.2) is 0 Å². The lowest BCUT2D eigenvalue weighted by Crippen LogP contribution is -1.76. The van der Waals surface area contributed by atoms with Gasteiger partial charge in [0.2, 0.25) is 0 Å². The van der Waals surface area contributed by atoms with Gasteiger partial charge in [0.1, 0.15) is 5.76 Å². The summed E-state index contributed by atoms with van der Waals surface area (Å²) in [6.07, 6.45) is 3.83. The molecule has 0 aliphatic rings. The lowest BCUT2D eigenvalue weighted by atomic mass is 10.3.